The van der Waals surface area contributed by atoms with Gasteiger partial charge in [-0.05, 0) is 49.4 Å². The minimum absolute atomic E-state index is 0. The monoisotopic (exact) mass is 516 g/mol. The normalized spacial score (nSPS) is 13.9. The van der Waals surface area contributed by atoms with Gasteiger partial charge in [0.15, 0.2) is 17.5 Å². The van der Waals surface area contributed by atoms with Crippen LogP contribution in [-0.2, 0) is 13.0 Å². The molecule has 2 rings (SSSR count). The molecule has 0 aliphatic carbocycles. The molecule has 0 atom stereocenters. The van der Waals surface area contributed by atoms with E-state index in [0.29, 0.717) is 0 Å². The van der Waals surface area contributed by atoms with Gasteiger partial charge in [-0.15, -0.1) is 30.6 Å². The first kappa shape index (κ1) is 25.6. The summed E-state index contributed by atoms with van der Waals surface area (Å²) in [6.07, 6.45) is 5.13. The molecule has 6 nitrogen and oxygen atoms in total. The number of aliphatic imine (C=N–C) groups is 1. The third-order valence-corrected chi connectivity index (χ3v) is 5.07. The quantitative estimate of drug-likeness (QED) is 0.170. The standard InChI is InChI=1S/C22H36N4O2.HI/c1-6-8-9-12-25(3)22(23-7-2)24-11-14-26-13-10-18-15-20(27-4)21(28-5)16-19(18)17-26;/h6,15-16H,1,7-14,17H2,2-5H3,(H,23,24);1H. The lowest BCUT2D eigenvalue weighted by Crippen LogP contribution is -2.40. The van der Waals surface area contributed by atoms with E-state index in [4.69, 9.17) is 14.5 Å². The van der Waals surface area contributed by atoms with E-state index in [2.05, 4.69) is 47.8 Å². The van der Waals surface area contributed by atoms with Crippen molar-refractivity contribution in [2.24, 2.45) is 4.99 Å². The Labute approximate surface area is 193 Å². The number of rotatable bonds is 10. The molecule has 1 heterocycles. The second-order valence-corrected chi connectivity index (χ2v) is 7.09. The second-order valence-electron chi connectivity index (χ2n) is 7.09. The van der Waals surface area contributed by atoms with Crippen LogP contribution in [0.25, 0.3) is 0 Å². The van der Waals surface area contributed by atoms with E-state index in [1.165, 1.54) is 11.1 Å². The fourth-order valence-corrected chi connectivity index (χ4v) is 3.48. The molecule has 0 saturated carbocycles. The molecule has 0 amide bonds. The summed E-state index contributed by atoms with van der Waals surface area (Å²) < 4.78 is 10.9. The second kappa shape index (κ2) is 13.7. The van der Waals surface area contributed by atoms with Crippen LogP contribution >= 0.6 is 24.0 Å². The Morgan fingerprint density at radius 2 is 1.97 bits per heavy atom. The lowest BCUT2D eigenvalue weighted by Gasteiger charge is -2.29. The number of halogens is 1. The molecule has 29 heavy (non-hydrogen) atoms. The average molecular weight is 516 g/mol. The van der Waals surface area contributed by atoms with Crippen LogP contribution in [0.4, 0.5) is 0 Å². The zero-order valence-corrected chi connectivity index (χ0v) is 20.7. The smallest absolute Gasteiger partial charge is 0.193 e. The molecule has 7 heteroatoms. The van der Waals surface area contributed by atoms with Gasteiger partial charge < -0.3 is 19.7 Å². The molecule has 1 aliphatic heterocycles. The van der Waals surface area contributed by atoms with E-state index in [9.17, 15) is 0 Å². The van der Waals surface area contributed by atoms with Gasteiger partial charge >= 0.3 is 0 Å². The van der Waals surface area contributed by atoms with Gasteiger partial charge in [0.2, 0.25) is 0 Å². The highest BCUT2D eigenvalue weighted by Crippen LogP contribution is 2.33. The van der Waals surface area contributed by atoms with Crippen LogP contribution in [0.1, 0.15) is 30.9 Å². The maximum atomic E-state index is 5.46. The first-order valence-corrected chi connectivity index (χ1v) is 10.2. The predicted octanol–water partition coefficient (Wildman–Crippen LogP) is 3.54. The Bertz CT molecular complexity index is 666. The van der Waals surface area contributed by atoms with Crippen LogP contribution in [0.3, 0.4) is 0 Å². The lowest BCUT2D eigenvalue weighted by atomic mass is 9.99. The molecular formula is C22H37IN4O2. The van der Waals surface area contributed by atoms with Crippen LogP contribution in [0.15, 0.2) is 29.8 Å². The summed E-state index contributed by atoms with van der Waals surface area (Å²) in [4.78, 5) is 9.48. The zero-order chi connectivity index (χ0) is 20.4. The number of hydrogen-bond donors (Lipinski definition) is 1. The summed E-state index contributed by atoms with van der Waals surface area (Å²) in [5, 5.41) is 3.39. The number of methoxy groups -OCH3 is 2. The fourth-order valence-electron chi connectivity index (χ4n) is 3.48. The zero-order valence-electron chi connectivity index (χ0n) is 18.4. The summed E-state index contributed by atoms with van der Waals surface area (Å²) >= 11 is 0. The van der Waals surface area contributed by atoms with E-state index in [0.717, 1.165) is 76.0 Å². The Morgan fingerprint density at radius 3 is 2.59 bits per heavy atom. The van der Waals surface area contributed by atoms with Gasteiger partial charge in [-0.1, -0.05) is 6.08 Å². The van der Waals surface area contributed by atoms with Gasteiger partial charge in [-0.25, -0.2) is 0 Å². The van der Waals surface area contributed by atoms with Crippen molar-refractivity contribution in [2.75, 3.05) is 54.0 Å². The lowest BCUT2D eigenvalue weighted by molar-refractivity contribution is 0.259. The third kappa shape index (κ3) is 7.70. The molecular weight excluding hydrogens is 479 g/mol. The number of guanidine groups is 1. The Hall–Kier alpha value is -1.48. The van der Waals surface area contributed by atoms with Gasteiger partial charge in [0.1, 0.15) is 0 Å². The van der Waals surface area contributed by atoms with E-state index >= 15 is 0 Å². The number of nitrogens with one attached hydrogen (secondary N) is 1. The highest BCUT2D eigenvalue weighted by molar-refractivity contribution is 14.0. The number of unbranched alkanes of at least 4 members (excludes halogenated alkanes) is 1. The maximum Gasteiger partial charge on any atom is 0.193 e. The first-order valence-electron chi connectivity index (χ1n) is 10.2. The van der Waals surface area contributed by atoms with Crippen LogP contribution in [0.2, 0.25) is 0 Å². The van der Waals surface area contributed by atoms with Crippen LogP contribution < -0.4 is 14.8 Å². The van der Waals surface area contributed by atoms with Crippen molar-refractivity contribution in [1.82, 2.24) is 15.1 Å². The van der Waals surface area contributed by atoms with Gasteiger partial charge in [0, 0.05) is 39.8 Å². The summed E-state index contributed by atoms with van der Waals surface area (Å²) in [7, 11) is 5.47. The molecule has 164 valence electrons. The summed E-state index contributed by atoms with van der Waals surface area (Å²) in [5.41, 5.74) is 2.68. The topological polar surface area (TPSA) is 49.3 Å². The Balaban J connectivity index is 0.00000420. The van der Waals surface area contributed by atoms with Crippen molar-refractivity contribution in [3.63, 3.8) is 0 Å². The highest BCUT2D eigenvalue weighted by Gasteiger charge is 2.19. The molecule has 0 radical (unpaired) electrons. The minimum atomic E-state index is 0. The van der Waals surface area contributed by atoms with Gasteiger partial charge in [0.05, 0.1) is 20.8 Å². The van der Waals surface area contributed by atoms with Crippen LogP contribution in [0.5, 0.6) is 11.5 Å². The number of benzene rings is 1. The minimum Gasteiger partial charge on any atom is -0.493 e. The summed E-state index contributed by atoms with van der Waals surface area (Å²) in [6, 6.07) is 4.23. The average Bonchev–Trinajstić information content (AvgIpc) is 2.72. The van der Waals surface area contributed by atoms with Crippen molar-refractivity contribution in [3.8, 4) is 11.5 Å². The predicted molar refractivity (Wildman–Crippen MR) is 132 cm³/mol. The Morgan fingerprint density at radius 1 is 1.28 bits per heavy atom. The summed E-state index contributed by atoms with van der Waals surface area (Å²) in [5.74, 6) is 2.60. The molecule has 0 unspecified atom stereocenters. The first-order chi connectivity index (χ1) is 13.6. The van der Waals surface area contributed by atoms with Crippen molar-refractivity contribution >= 4 is 29.9 Å². The van der Waals surface area contributed by atoms with E-state index in [1.54, 1.807) is 14.2 Å². The molecule has 1 aromatic carbocycles. The van der Waals surface area contributed by atoms with Crippen LogP contribution in [0, 0.1) is 0 Å². The number of allylic oxidation sites excluding steroid dienone is 1. The van der Waals surface area contributed by atoms with Gasteiger partial charge in [0.25, 0.3) is 0 Å². The number of hydrogen-bond acceptors (Lipinski definition) is 4. The molecule has 0 bridgehead atoms. The molecule has 0 fully saturated rings. The maximum absolute atomic E-state index is 5.46. The molecule has 0 saturated heterocycles. The SMILES string of the molecule is C=CCCCN(C)C(=NCCN1CCc2cc(OC)c(OC)cc2C1)NCC.I. The van der Waals surface area contributed by atoms with Gasteiger partial charge in [-0.2, -0.15) is 0 Å². The van der Waals surface area contributed by atoms with Crippen LogP contribution in [-0.4, -0.2) is 69.8 Å². The van der Waals surface area contributed by atoms with E-state index in [1.807, 2.05) is 6.08 Å². The van der Waals surface area contributed by atoms with Gasteiger partial charge in [-0.3, -0.25) is 9.89 Å². The third-order valence-electron chi connectivity index (χ3n) is 5.07. The molecule has 0 spiro atoms. The number of fused-ring (bicyclic) bond motifs is 1. The molecule has 1 N–H and O–H groups in total. The largest absolute Gasteiger partial charge is 0.493 e. The Kier molecular flexibility index (Phi) is 12.1. The summed E-state index contributed by atoms with van der Waals surface area (Å²) in [6.45, 7) is 11.5. The number of nitrogens with zero attached hydrogens (tertiary/aromatic N) is 3. The number of ether oxygens (including phenoxy) is 2. The molecule has 1 aliphatic rings. The van der Waals surface area contributed by atoms with Crippen molar-refractivity contribution in [3.05, 3.63) is 35.9 Å². The van der Waals surface area contributed by atoms with E-state index in [-0.39, 0.29) is 24.0 Å². The van der Waals surface area contributed by atoms with Crippen molar-refractivity contribution in [2.45, 2.75) is 32.7 Å². The molecule has 0 aromatic heterocycles. The van der Waals surface area contributed by atoms with E-state index < -0.39 is 0 Å². The van der Waals surface area contributed by atoms with Crippen molar-refractivity contribution < 1.29 is 9.47 Å². The highest BCUT2D eigenvalue weighted by atomic mass is 127. The van der Waals surface area contributed by atoms with Crippen molar-refractivity contribution in [1.29, 1.82) is 0 Å². The molecule has 1 aromatic rings. The fraction of sp³-hybridized carbons (Fsp3) is 0.591.